The van der Waals surface area contributed by atoms with Crippen LogP contribution in [0.1, 0.15) is 50.9 Å². The summed E-state index contributed by atoms with van der Waals surface area (Å²) in [7, 11) is -2.76. The van der Waals surface area contributed by atoms with Crippen molar-refractivity contribution in [3.8, 4) is 11.5 Å². The molecule has 1 heterocycles. The van der Waals surface area contributed by atoms with Crippen LogP contribution in [0, 0.1) is 6.92 Å². The number of carbonyl (C=O) groups is 2. The molecule has 0 atom stereocenters. The largest absolute Gasteiger partial charge is 0.507 e. The molecule has 2 rings (SSSR count). The van der Waals surface area contributed by atoms with E-state index in [1.165, 1.54) is 0 Å². The molecule has 0 saturated carbocycles. The van der Waals surface area contributed by atoms with Gasteiger partial charge >= 0.3 is 11.9 Å². The predicted octanol–water partition coefficient (Wildman–Crippen LogP) is 2.52. The molecule has 6 heteroatoms. The molecule has 0 aliphatic carbocycles. The zero-order chi connectivity index (χ0) is 19.6. The number of esters is 2. The number of rotatable bonds is 5. The lowest BCUT2D eigenvalue weighted by molar-refractivity contribution is -0.140. The summed E-state index contributed by atoms with van der Waals surface area (Å²) in [5.41, 5.74) is 1.96. The number of phenolic OH excluding ortho intramolecular Hbond substituents is 2. The van der Waals surface area contributed by atoms with Crippen molar-refractivity contribution in [3.05, 3.63) is 33.9 Å². The number of fused-ring (bicyclic) bond motifs is 1. The van der Waals surface area contributed by atoms with Gasteiger partial charge in [0.05, 0.1) is 11.2 Å². The maximum absolute atomic E-state index is 11.8. The highest BCUT2D eigenvalue weighted by atomic mass is 16.5. The minimum atomic E-state index is -2.76. The molecule has 124 valence electrons. The van der Waals surface area contributed by atoms with Gasteiger partial charge in [0.2, 0.25) is 0 Å². The zero-order valence-corrected chi connectivity index (χ0v) is 12.9. The maximum Gasteiger partial charge on any atom is 0.342 e. The summed E-state index contributed by atoms with van der Waals surface area (Å²) in [6.07, 6.45) is 1.99. The molecular formula is C17H20O6. The number of phenols is 2. The van der Waals surface area contributed by atoms with Gasteiger partial charge in [0.25, 0.3) is 0 Å². The van der Waals surface area contributed by atoms with Gasteiger partial charge in [-0.15, -0.1) is 0 Å². The highest BCUT2D eigenvalue weighted by molar-refractivity contribution is 5.98. The normalized spacial score (nSPS) is 16.2. The van der Waals surface area contributed by atoms with Gasteiger partial charge in [0.15, 0.2) is 0 Å². The minimum Gasteiger partial charge on any atom is -0.507 e. The smallest absolute Gasteiger partial charge is 0.342 e. The van der Waals surface area contributed by atoms with Gasteiger partial charge in [-0.05, 0) is 32.3 Å². The third-order valence-corrected chi connectivity index (χ3v) is 3.96. The Morgan fingerprint density at radius 1 is 1.39 bits per heavy atom. The average molecular weight is 323 g/mol. The second-order valence-corrected chi connectivity index (χ2v) is 5.46. The average Bonchev–Trinajstić information content (AvgIpc) is 2.91. The number of hydrogen-bond donors (Lipinski definition) is 2. The van der Waals surface area contributed by atoms with Gasteiger partial charge in [0, 0.05) is 17.5 Å². The third-order valence-electron chi connectivity index (χ3n) is 3.96. The van der Waals surface area contributed by atoms with Crippen LogP contribution >= 0.6 is 0 Å². The number of aromatic hydroxyl groups is 2. The fraction of sp³-hybridized carbons (Fsp3) is 0.412. The van der Waals surface area contributed by atoms with Crippen LogP contribution in [0.2, 0.25) is 0 Å². The van der Waals surface area contributed by atoms with Crippen LogP contribution in [0.5, 0.6) is 11.5 Å². The lowest BCUT2D eigenvalue weighted by Crippen LogP contribution is -2.01. The van der Waals surface area contributed by atoms with Crippen molar-refractivity contribution >= 4 is 11.9 Å². The van der Waals surface area contributed by atoms with Crippen LogP contribution in [0.15, 0.2) is 11.6 Å². The van der Waals surface area contributed by atoms with E-state index in [2.05, 4.69) is 4.74 Å². The van der Waals surface area contributed by atoms with Crippen molar-refractivity contribution in [2.45, 2.75) is 39.7 Å². The number of hydrogen-bond acceptors (Lipinski definition) is 6. The molecule has 0 amide bonds. The quantitative estimate of drug-likeness (QED) is 0.639. The van der Waals surface area contributed by atoms with E-state index < -0.39 is 19.0 Å². The van der Waals surface area contributed by atoms with Crippen molar-refractivity contribution < 1.29 is 33.4 Å². The number of allylic oxidation sites excluding steroid dienone is 2. The Morgan fingerprint density at radius 2 is 2.13 bits per heavy atom. The van der Waals surface area contributed by atoms with Gasteiger partial charge in [-0.25, -0.2) is 4.79 Å². The maximum atomic E-state index is 11.8. The fourth-order valence-corrected chi connectivity index (χ4v) is 2.49. The standard InChI is InChI=1S/C17H20O6/c1-9(5-7-13(18)22-3)4-6-11-15(19)10(2)12-8-23-17(21)14(12)16(11)20/h4,19-20H,5-8H2,1-3H3/i3D3. The van der Waals surface area contributed by atoms with Crippen LogP contribution in [0.25, 0.3) is 0 Å². The monoisotopic (exact) mass is 323 g/mol. The number of benzene rings is 1. The van der Waals surface area contributed by atoms with Gasteiger partial charge in [-0.1, -0.05) is 11.6 Å². The van der Waals surface area contributed by atoms with Crippen LogP contribution in [-0.2, 0) is 27.3 Å². The van der Waals surface area contributed by atoms with Gasteiger partial charge < -0.3 is 19.7 Å². The van der Waals surface area contributed by atoms with Crippen molar-refractivity contribution in [1.29, 1.82) is 0 Å². The first-order valence-corrected chi connectivity index (χ1v) is 7.12. The van der Waals surface area contributed by atoms with E-state index in [0.29, 0.717) is 11.1 Å². The Hall–Kier alpha value is -2.50. The third kappa shape index (κ3) is 3.31. The summed E-state index contributed by atoms with van der Waals surface area (Å²) >= 11 is 0. The molecule has 1 aliphatic rings. The molecule has 1 aromatic carbocycles. The first-order chi connectivity index (χ1) is 12.0. The molecule has 0 radical (unpaired) electrons. The predicted molar refractivity (Wildman–Crippen MR) is 82.3 cm³/mol. The van der Waals surface area contributed by atoms with E-state index in [-0.39, 0.29) is 48.5 Å². The van der Waals surface area contributed by atoms with Crippen LogP contribution in [0.4, 0.5) is 0 Å². The fourth-order valence-electron chi connectivity index (χ4n) is 2.49. The molecule has 0 spiro atoms. The van der Waals surface area contributed by atoms with Crippen molar-refractivity contribution in [2.75, 3.05) is 7.04 Å². The molecule has 0 aromatic heterocycles. The number of carbonyl (C=O) groups excluding carboxylic acids is 2. The second kappa shape index (κ2) is 6.73. The topological polar surface area (TPSA) is 93.1 Å². The first kappa shape index (κ1) is 13.0. The van der Waals surface area contributed by atoms with Crippen LogP contribution < -0.4 is 0 Å². The van der Waals surface area contributed by atoms with Gasteiger partial charge in [0.1, 0.15) is 23.7 Å². The molecule has 1 aliphatic heterocycles. The second-order valence-electron chi connectivity index (χ2n) is 5.46. The van der Waals surface area contributed by atoms with Crippen LogP contribution in [0.3, 0.4) is 0 Å². The molecule has 23 heavy (non-hydrogen) atoms. The summed E-state index contributed by atoms with van der Waals surface area (Å²) < 4.78 is 29.8. The number of cyclic esters (lactones) is 1. The Morgan fingerprint density at radius 3 is 2.83 bits per heavy atom. The Balaban J connectivity index is 2.11. The summed E-state index contributed by atoms with van der Waals surface area (Å²) in [5.74, 6) is -1.88. The van der Waals surface area contributed by atoms with Crippen molar-refractivity contribution in [2.24, 2.45) is 0 Å². The summed E-state index contributed by atoms with van der Waals surface area (Å²) in [6.45, 7) is 3.38. The first-order valence-electron chi connectivity index (χ1n) is 8.62. The van der Waals surface area contributed by atoms with E-state index in [9.17, 15) is 19.8 Å². The van der Waals surface area contributed by atoms with E-state index in [4.69, 9.17) is 8.85 Å². The van der Waals surface area contributed by atoms with E-state index in [1.807, 2.05) is 0 Å². The van der Waals surface area contributed by atoms with Gasteiger partial charge in [-0.3, -0.25) is 4.79 Å². The Kier molecular flexibility index (Phi) is 3.80. The molecule has 1 aromatic rings. The van der Waals surface area contributed by atoms with Crippen molar-refractivity contribution in [3.63, 3.8) is 0 Å². The van der Waals surface area contributed by atoms with Crippen molar-refractivity contribution in [1.82, 2.24) is 0 Å². The van der Waals surface area contributed by atoms with E-state index in [1.54, 1.807) is 19.9 Å². The molecule has 2 N–H and O–H groups in total. The number of ether oxygens (including phenoxy) is 2. The lowest BCUT2D eigenvalue weighted by Gasteiger charge is -2.12. The molecule has 0 bridgehead atoms. The molecule has 0 unspecified atom stereocenters. The zero-order valence-electron chi connectivity index (χ0n) is 15.9. The minimum absolute atomic E-state index is 0.0157. The SMILES string of the molecule is [2H]C([2H])([2H])OC(=O)CCC(C)=CCc1c(O)c(C)c2c(c1O)C(=O)OC2. The molecular weight excluding hydrogens is 300 g/mol. The molecule has 0 fully saturated rings. The highest BCUT2D eigenvalue weighted by Gasteiger charge is 2.31. The van der Waals surface area contributed by atoms with E-state index >= 15 is 0 Å². The highest BCUT2D eigenvalue weighted by Crippen LogP contribution is 2.41. The van der Waals surface area contributed by atoms with Gasteiger partial charge in [-0.2, -0.15) is 0 Å². The van der Waals surface area contributed by atoms with E-state index in [0.717, 1.165) is 5.57 Å². The Bertz CT molecular complexity index is 780. The Labute approximate surface area is 138 Å². The summed E-state index contributed by atoms with van der Waals surface area (Å²) in [4.78, 5) is 23.2. The molecule has 0 saturated heterocycles. The summed E-state index contributed by atoms with van der Waals surface area (Å²) in [5, 5.41) is 20.6. The lowest BCUT2D eigenvalue weighted by atomic mass is 9.95. The van der Waals surface area contributed by atoms with Crippen LogP contribution in [-0.4, -0.2) is 29.2 Å². The summed E-state index contributed by atoms with van der Waals surface area (Å²) in [6, 6.07) is 0. The molecule has 6 nitrogen and oxygen atoms in total. The number of methoxy groups -OCH3 is 1.